The molecule has 0 aliphatic carbocycles. The molecule has 0 radical (unpaired) electrons. The van der Waals surface area contributed by atoms with Crippen LogP contribution >= 0.6 is 0 Å². The predicted molar refractivity (Wildman–Crippen MR) is 118 cm³/mol. The third kappa shape index (κ3) is 6.84. The summed E-state index contributed by atoms with van der Waals surface area (Å²) in [7, 11) is 1.53. The number of carbonyl (C=O) groups excluding carboxylic acids is 2. The molecule has 0 aliphatic heterocycles. The van der Waals surface area contributed by atoms with E-state index in [2.05, 4.69) is 10.6 Å². The maximum atomic E-state index is 12.4. The Labute approximate surface area is 177 Å². The molecular weight excluding hydrogens is 384 g/mol. The van der Waals surface area contributed by atoms with Crippen LogP contribution in [0.25, 0.3) is 6.08 Å². The van der Waals surface area contributed by atoms with Crippen molar-refractivity contribution in [3.8, 4) is 17.2 Å². The Balaban J connectivity index is 2.16. The van der Waals surface area contributed by atoms with Gasteiger partial charge >= 0.3 is 0 Å². The van der Waals surface area contributed by atoms with Gasteiger partial charge in [0.1, 0.15) is 5.75 Å². The lowest BCUT2D eigenvalue weighted by molar-refractivity contribution is -0.114. The maximum Gasteiger partial charge on any atom is 0.248 e. The molecule has 0 saturated heterocycles. The number of hydrogen-bond donors (Lipinski definition) is 2. The van der Waals surface area contributed by atoms with E-state index < -0.39 is 0 Å². The second-order valence-electron chi connectivity index (χ2n) is 6.40. The molecule has 2 rings (SSSR count). The first-order valence-electron chi connectivity index (χ1n) is 9.81. The largest absolute Gasteiger partial charge is 0.497 e. The molecule has 2 N–H and O–H groups in total. The Kier molecular flexibility index (Phi) is 8.75. The Morgan fingerprint density at radius 3 is 2.43 bits per heavy atom. The smallest absolute Gasteiger partial charge is 0.248 e. The van der Waals surface area contributed by atoms with E-state index in [0.29, 0.717) is 41.8 Å². The van der Waals surface area contributed by atoms with Gasteiger partial charge in [0.05, 0.1) is 31.7 Å². The molecule has 0 unspecified atom stereocenters. The van der Waals surface area contributed by atoms with Gasteiger partial charge < -0.3 is 24.8 Å². The van der Waals surface area contributed by atoms with Crippen LogP contribution in [0.3, 0.4) is 0 Å². The SMILES string of the molecule is CCCOc1ccc(C=CC(=O)Nc2cc(OC)ccc2NC(C)=O)cc1OCC. The molecule has 2 aromatic rings. The molecule has 7 nitrogen and oxygen atoms in total. The van der Waals surface area contributed by atoms with Crippen molar-refractivity contribution >= 4 is 29.3 Å². The quantitative estimate of drug-likeness (QED) is 0.562. The van der Waals surface area contributed by atoms with Crippen molar-refractivity contribution in [2.45, 2.75) is 27.2 Å². The lowest BCUT2D eigenvalue weighted by atomic mass is 10.2. The number of rotatable bonds is 10. The lowest BCUT2D eigenvalue weighted by Crippen LogP contribution is -2.13. The number of anilines is 2. The number of nitrogens with one attached hydrogen (secondary N) is 2. The predicted octanol–water partition coefficient (Wildman–Crippen LogP) is 4.49. The van der Waals surface area contributed by atoms with Crippen LogP contribution in [-0.4, -0.2) is 32.1 Å². The highest BCUT2D eigenvalue weighted by atomic mass is 16.5. The van der Waals surface area contributed by atoms with Gasteiger partial charge in [0, 0.05) is 19.1 Å². The first kappa shape index (κ1) is 22.8. The summed E-state index contributed by atoms with van der Waals surface area (Å²) in [4.78, 5) is 23.8. The summed E-state index contributed by atoms with van der Waals surface area (Å²) in [6.07, 6.45) is 3.99. The van der Waals surface area contributed by atoms with Gasteiger partial charge in [0.25, 0.3) is 0 Å². The van der Waals surface area contributed by atoms with Crippen molar-refractivity contribution in [3.63, 3.8) is 0 Å². The Morgan fingerprint density at radius 2 is 1.77 bits per heavy atom. The standard InChI is InChI=1S/C23H28N2O5/c1-5-13-30-21-11-7-17(14-22(21)29-6-2)8-12-23(27)25-20-15-18(28-4)9-10-19(20)24-16(3)26/h7-12,14-15H,5-6,13H2,1-4H3,(H,24,26)(H,25,27). The fourth-order valence-corrected chi connectivity index (χ4v) is 2.63. The molecule has 7 heteroatoms. The average Bonchev–Trinajstić information content (AvgIpc) is 2.72. The monoisotopic (exact) mass is 412 g/mol. The van der Waals surface area contributed by atoms with Crippen molar-refractivity contribution in [2.24, 2.45) is 0 Å². The summed E-state index contributed by atoms with van der Waals surface area (Å²) >= 11 is 0. The highest BCUT2D eigenvalue weighted by molar-refractivity contribution is 6.05. The molecule has 2 aromatic carbocycles. The van der Waals surface area contributed by atoms with E-state index >= 15 is 0 Å². The summed E-state index contributed by atoms with van der Waals surface area (Å²) in [5.41, 5.74) is 1.73. The third-order valence-corrected chi connectivity index (χ3v) is 3.95. The van der Waals surface area contributed by atoms with Crippen molar-refractivity contribution in [1.82, 2.24) is 0 Å². The van der Waals surface area contributed by atoms with Gasteiger partial charge in [0.15, 0.2) is 11.5 Å². The molecule has 0 heterocycles. The van der Waals surface area contributed by atoms with Gasteiger partial charge in [-0.05, 0) is 49.2 Å². The second-order valence-corrected chi connectivity index (χ2v) is 6.40. The van der Waals surface area contributed by atoms with Crippen LogP contribution < -0.4 is 24.8 Å². The van der Waals surface area contributed by atoms with Crippen LogP contribution in [-0.2, 0) is 9.59 Å². The van der Waals surface area contributed by atoms with Gasteiger partial charge in [-0.3, -0.25) is 9.59 Å². The Hall–Kier alpha value is -3.48. The molecule has 2 amide bonds. The Morgan fingerprint density at radius 1 is 0.967 bits per heavy atom. The lowest BCUT2D eigenvalue weighted by Gasteiger charge is -2.12. The highest BCUT2D eigenvalue weighted by Gasteiger charge is 2.09. The summed E-state index contributed by atoms with van der Waals surface area (Å²) in [6.45, 7) is 6.46. The molecule has 0 aromatic heterocycles. The van der Waals surface area contributed by atoms with E-state index in [1.807, 2.05) is 32.0 Å². The molecule has 0 spiro atoms. The number of carbonyl (C=O) groups is 2. The van der Waals surface area contributed by atoms with Crippen molar-refractivity contribution < 1.29 is 23.8 Å². The third-order valence-electron chi connectivity index (χ3n) is 3.95. The number of hydrogen-bond acceptors (Lipinski definition) is 5. The minimum Gasteiger partial charge on any atom is -0.497 e. The fraction of sp³-hybridized carbons (Fsp3) is 0.304. The minimum atomic E-state index is -0.348. The zero-order chi connectivity index (χ0) is 21.9. The van der Waals surface area contributed by atoms with Crippen LogP contribution in [0.1, 0.15) is 32.8 Å². The first-order chi connectivity index (χ1) is 14.5. The van der Waals surface area contributed by atoms with Crippen LogP contribution in [0.15, 0.2) is 42.5 Å². The topological polar surface area (TPSA) is 85.9 Å². The normalized spacial score (nSPS) is 10.5. The van der Waals surface area contributed by atoms with Crippen molar-refractivity contribution in [3.05, 3.63) is 48.0 Å². The second kappa shape index (κ2) is 11.5. The van der Waals surface area contributed by atoms with E-state index in [0.717, 1.165) is 12.0 Å². The molecule has 0 atom stereocenters. The summed E-state index contributed by atoms with van der Waals surface area (Å²) in [6, 6.07) is 10.5. The molecule has 160 valence electrons. The van der Waals surface area contributed by atoms with Crippen LogP contribution in [0, 0.1) is 0 Å². The van der Waals surface area contributed by atoms with Gasteiger partial charge in [-0.1, -0.05) is 13.0 Å². The van der Waals surface area contributed by atoms with Crippen LogP contribution in [0.2, 0.25) is 0 Å². The summed E-state index contributed by atoms with van der Waals surface area (Å²) in [5.74, 6) is 1.29. The molecular formula is C23H28N2O5. The minimum absolute atomic E-state index is 0.236. The first-order valence-corrected chi connectivity index (χ1v) is 9.81. The van der Waals surface area contributed by atoms with E-state index in [-0.39, 0.29) is 11.8 Å². The zero-order valence-electron chi connectivity index (χ0n) is 17.8. The van der Waals surface area contributed by atoms with Gasteiger partial charge in [-0.2, -0.15) is 0 Å². The van der Waals surface area contributed by atoms with E-state index in [1.54, 1.807) is 24.3 Å². The highest BCUT2D eigenvalue weighted by Crippen LogP contribution is 2.30. The maximum absolute atomic E-state index is 12.4. The average molecular weight is 412 g/mol. The van der Waals surface area contributed by atoms with Gasteiger partial charge in [0.2, 0.25) is 11.8 Å². The van der Waals surface area contributed by atoms with E-state index in [4.69, 9.17) is 14.2 Å². The molecule has 0 bridgehead atoms. The van der Waals surface area contributed by atoms with E-state index in [9.17, 15) is 9.59 Å². The summed E-state index contributed by atoms with van der Waals surface area (Å²) in [5, 5.41) is 5.45. The van der Waals surface area contributed by atoms with E-state index in [1.165, 1.54) is 20.1 Å². The van der Waals surface area contributed by atoms with Gasteiger partial charge in [-0.25, -0.2) is 0 Å². The number of ether oxygens (including phenoxy) is 3. The Bertz CT molecular complexity index is 908. The molecule has 0 aliphatic rings. The van der Waals surface area contributed by atoms with Crippen LogP contribution in [0.5, 0.6) is 17.2 Å². The van der Waals surface area contributed by atoms with Crippen molar-refractivity contribution in [1.29, 1.82) is 0 Å². The number of methoxy groups -OCH3 is 1. The number of amides is 2. The van der Waals surface area contributed by atoms with Crippen LogP contribution in [0.4, 0.5) is 11.4 Å². The summed E-state index contributed by atoms with van der Waals surface area (Å²) < 4.78 is 16.5. The molecule has 0 saturated carbocycles. The van der Waals surface area contributed by atoms with Crippen molar-refractivity contribution in [2.75, 3.05) is 31.0 Å². The number of benzene rings is 2. The fourth-order valence-electron chi connectivity index (χ4n) is 2.63. The zero-order valence-corrected chi connectivity index (χ0v) is 17.8. The molecule has 30 heavy (non-hydrogen) atoms. The van der Waals surface area contributed by atoms with Gasteiger partial charge in [-0.15, -0.1) is 0 Å². The molecule has 0 fully saturated rings.